The van der Waals surface area contributed by atoms with Gasteiger partial charge in [-0.1, -0.05) is 19.9 Å². The van der Waals surface area contributed by atoms with Gasteiger partial charge in [0.05, 0.1) is 0 Å². The number of aromatic nitrogens is 2. The molecule has 2 rings (SSSR count). The van der Waals surface area contributed by atoms with Crippen molar-refractivity contribution in [1.29, 1.82) is 0 Å². The SMILES string of the molecule is CC(C)c1nccn1-c1cccc(N)c1. The second-order valence-electron chi connectivity index (χ2n) is 3.91. The van der Waals surface area contributed by atoms with Crippen LogP contribution in [0.4, 0.5) is 5.69 Å². The third-order valence-corrected chi connectivity index (χ3v) is 2.33. The molecule has 0 atom stereocenters. The standard InChI is InChI=1S/C12H15N3/c1-9(2)12-14-6-7-15(12)11-5-3-4-10(13)8-11/h3-9H,13H2,1-2H3. The normalized spacial score (nSPS) is 10.9. The van der Waals surface area contributed by atoms with Gasteiger partial charge in [0.1, 0.15) is 5.82 Å². The Morgan fingerprint density at radius 1 is 1.33 bits per heavy atom. The molecule has 0 unspecified atom stereocenters. The Labute approximate surface area is 89.6 Å². The fraction of sp³-hybridized carbons (Fsp3) is 0.250. The van der Waals surface area contributed by atoms with E-state index in [0.717, 1.165) is 17.2 Å². The van der Waals surface area contributed by atoms with Gasteiger partial charge >= 0.3 is 0 Å². The summed E-state index contributed by atoms with van der Waals surface area (Å²) in [6.45, 7) is 4.26. The van der Waals surface area contributed by atoms with E-state index in [-0.39, 0.29) is 0 Å². The van der Waals surface area contributed by atoms with Crippen molar-refractivity contribution in [2.75, 3.05) is 5.73 Å². The first-order chi connectivity index (χ1) is 7.18. The van der Waals surface area contributed by atoms with Crippen LogP contribution in [0.2, 0.25) is 0 Å². The van der Waals surface area contributed by atoms with E-state index in [1.54, 1.807) is 0 Å². The summed E-state index contributed by atoms with van der Waals surface area (Å²) in [6, 6.07) is 7.82. The topological polar surface area (TPSA) is 43.8 Å². The Morgan fingerprint density at radius 2 is 2.13 bits per heavy atom. The molecule has 0 aliphatic rings. The number of rotatable bonds is 2. The molecule has 0 saturated carbocycles. The second-order valence-corrected chi connectivity index (χ2v) is 3.91. The Balaban J connectivity index is 2.49. The molecule has 2 N–H and O–H groups in total. The van der Waals surface area contributed by atoms with Crippen molar-refractivity contribution in [3.8, 4) is 5.69 Å². The van der Waals surface area contributed by atoms with E-state index in [2.05, 4.69) is 23.4 Å². The van der Waals surface area contributed by atoms with Crippen LogP contribution >= 0.6 is 0 Å². The lowest BCUT2D eigenvalue weighted by molar-refractivity contribution is 0.752. The lowest BCUT2D eigenvalue weighted by atomic mass is 10.2. The smallest absolute Gasteiger partial charge is 0.115 e. The van der Waals surface area contributed by atoms with E-state index < -0.39 is 0 Å². The van der Waals surface area contributed by atoms with Crippen molar-refractivity contribution in [3.63, 3.8) is 0 Å². The lowest BCUT2D eigenvalue weighted by Gasteiger charge is -2.10. The largest absolute Gasteiger partial charge is 0.399 e. The van der Waals surface area contributed by atoms with Gasteiger partial charge in [0.15, 0.2) is 0 Å². The molecule has 0 spiro atoms. The number of nitrogens with zero attached hydrogens (tertiary/aromatic N) is 2. The van der Waals surface area contributed by atoms with Crippen molar-refractivity contribution in [3.05, 3.63) is 42.5 Å². The summed E-state index contributed by atoms with van der Waals surface area (Å²) in [7, 11) is 0. The van der Waals surface area contributed by atoms with Gasteiger partial charge in [-0.15, -0.1) is 0 Å². The first-order valence-electron chi connectivity index (χ1n) is 5.07. The summed E-state index contributed by atoms with van der Waals surface area (Å²) in [5, 5.41) is 0. The zero-order valence-electron chi connectivity index (χ0n) is 9.01. The van der Waals surface area contributed by atoms with Crippen LogP contribution in [-0.2, 0) is 0 Å². The van der Waals surface area contributed by atoms with E-state index in [1.807, 2.05) is 36.7 Å². The second kappa shape index (κ2) is 3.77. The van der Waals surface area contributed by atoms with Gasteiger partial charge in [-0.2, -0.15) is 0 Å². The number of hydrogen-bond donors (Lipinski definition) is 1. The van der Waals surface area contributed by atoms with Gasteiger partial charge in [-0.3, -0.25) is 0 Å². The molecule has 0 amide bonds. The lowest BCUT2D eigenvalue weighted by Crippen LogP contribution is -2.02. The van der Waals surface area contributed by atoms with Crippen LogP contribution in [0, 0.1) is 0 Å². The van der Waals surface area contributed by atoms with Crippen LogP contribution in [-0.4, -0.2) is 9.55 Å². The maximum Gasteiger partial charge on any atom is 0.115 e. The molecule has 0 radical (unpaired) electrons. The van der Waals surface area contributed by atoms with E-state index >= 15 is 0 Å². The van der Waals surface area contributed by atoms with Crippen molar-refractivity contribution in [2.45, 2.75) is 19.8 Å². The number of nitrogen functional groups attached to an aromatic ring is 1. The van der Waals surface area contributed by atoms with Crippen LogP contribution in [0.5, 0.6) is 0 Å². The number of anilines is 1. The quantitative estimate of drug-likeness (QED) is 0.759. The molecule has 78 valence electrons. The predicted octanol–water partition coefficient (Wildman–Crippen LogP) is 2.58. The van der Waals surface area contributed by atoms with E-state index in [0.29, 0.717) is 5.92 Å². The molecule has 0 fully saturated rings. The van der Waals surface area contributed by atoms with Crippen molar-refractivity contribution < 1.29 is 0 Å². The molecule has 1 aromatic heterocycles. The molecule has 0 aliphatic carbocycles. The van der Waals surface area contributed by atoms with E-state index in [9.17, 15) is 0 Å². The molecular weight excluding hydrogens is 186 g/mol. The number of nitrogens with two attached hydrogens (primary N) is 1. The van der Waals surface area contributed by atoms with Gasteiger partial charge in [-0.25, -0.2) is 4.98 Å². The van der Waals surface area contributed by atoms with Crippen molar-refractivity contribution >= 4 is 5.69 Å². The summed E-state index contributed by atoms with van der Waals surface area (Å²) < 4.78 is 2.07. The minimum atomic E-state index is 0.404. The highest BCUT2D eigenvalue weighted by Crippen LogP contribution is 2.18. The van der Waals surface area contributed by atoms with Crippen molar-refractivity contribution in [2.24, 2.45) is 0 Å². The van der Waals surface area contributed by atoms with Gasteiger partial charge in [0.2, 0.25) is 0 Å². The van der Waals surface area contributed by atoms with Gasteiger partial charge in [-0.05, 0) is 18.2 Å². The van der Waals surface area contributed by atoms with E-state index in [4.69, 9.17) is 5.73 Å². The van der Waals surface area contributed by atoms with Crippen LogP contribution < -0.4 is 5.73 Å². The summed E-state index contributed by atoms with van der Waals surface area (Å²) >= 11 is 0. The predicted molar refractivity (Wildman–Crippen MR) is 62.1 cm³/mol. The summed E-state index contributed by atoms with van der Waals surface area (Å²) in [6.07, 6.45) is 3.78. The Hall–Kier alpha value is -1.77. The van der Waals surface area contributed by atoms with Crippen molar-refractivity contribution in [1.82, 2.24) is 9.55 Å². The molecular formula is C12H15N3. The van der Waals surface area contributed by atoms with Gasteiger partial charge < -0.3 is 10.3 Å². The zero-order valence-corrected chi connectivity index (χ0v) is 9.01. The van der Waals surface area contributed by atoms with E-state index in [1.165, 1.54) is 0 Å². The fourth-order valence-corrected chi connectivity index (χ4v) is 1.64. The third kappa shape index (κ3) is 1.86. The van der Waals surface area contributed by atoms with Gasteiger partial charge in [0.25, 0.3) is 0 Å². The molecule has 3 heteroatoms. The Kier molecular flexibility index (Phi) is 2.46. The minimum Gasteiger partial charge on any atom is -0.399 e. The van der Waals surface area contributed by atoms with Crippen LogP contribution in [0.25, 0.3) is 5.69 Å². The highest BCUT2D eigenvalue weighted by Gasteiger charge is 2.08. The highest BCUT2D eigenvalue weighted by molar-refractivity contribution is 5.48. The molecule has 1 aromatic carbocycles. The third-order valence-electron chi connectivity index (χ3n) is 2.33. The zero-order chi connectivity index (χ0) is 10.8. The summed E-state index contributed by atoms with van der Waals surface area (Å²) in [4.78, 5) is 4.34. The molecule has 3 nitrogen and oxygen atoms in total. The maximum atomic E-state index is 5.76. The molecule has 1 heterocycles. The van der Waals surface area contributed by atoms with Crippen LogP contribution in [0.1, 0.15) is 25.6 Å². The van der Waals surface area contributed by atoms with Gasteiger partial charge in [0, 0.05) is 29.7 Å². The number of benzene rings is 1. The molecule has 0 saturated heterocycles. The maximum absolute atomic E-state index is 5.76. The molecule has 15 heavy (non-hydrogen) atoms. The number of hydrogen-bond acceptors (Lipinski definition) is 2. The number of imidazole rings is 1. The minimum absolute atomic E-state index is 0.404. The first kappa shape index (κ1) is 9.77. The summed E-state index contributed by atoms with van der Waals surface area (Å²) in [5.74, 6) is 1.46. The summed E-state index contributed by atoms with van der Waals surface area (Å²) in [5.41, 5.74) is 7.60. The highest BCUT2D eigenvalue weighted by atomic mass is 15.1. The first-order valence-corrected chi connectivity index (χ1v) is 5.07. The molecule has 2 aromatic rings. The molecule has 0 bridgehead atoms. The molecule has 0 aliphatic heterocycles. The van der Waals surface area contributed by atoms with Crippen LogP contribution in [0.3, 0.4) is 0 Å². The Bertz CT molecular complexity index is 457. The monoisotopic (exact) mass is 201 g/mol. The fourth-order valence-electron chi connectivity index (χ4n) is 1.64. The average Bonchev–Trinajstić information content (AvgIpc) is 2.65. The Morgan fingerprint density at radius 3 is 2.80 bits per heavy atom. The van der Waals surface area contributed by atoms with Crippen LogP contribution in [0.15, 0.2) is 36.7 Å². The average molecular weight is 201 g/mol.